The first-order valence-electron chi connectivity index (χ1n) is 5.28. The molecule has 0 atom stereocenters. The predicted molar refractivity (Wildman–Crippen MR) is 70.0 cm³/mol. The second kappa shape index (κ2) is 5.46. The molecule has 0 saturated carbocycles. The van der Waals surface area contributed by atoms with Crippen LogP contribution in [0.1, 0.15) is 11.3 Å². The highest BCUT2D eigenvalue weighted by atomic mass is 32.1. The second-order valence-corrected chi connectivity index (χ2v) is 4.60. The van der Waals surface area contributed by atoms with Crippen LogP contribution < -0.4 is 11.1 Å². The molecular weight excluding hydrogens is 267 g/mol. The number of nitrogens with one attached hydrogen (secondary N) is 1. The Kier molecular flexibility index (Phi) is 3.73. The fraction of sp³-hybridized carbons (Fsp3) is 0.0833. The fourth-order valence-corrected chi connectivity index (χ4v) is 2.01. The Bertz CT molecular complexity index is 662. The Morgan fingerprint density at radius 3 is 2.95 bits per heavy atom. The molecule has 2 rings (SSSR count). The summed E-state index contributed by atoms with van der Waals surface area (Å²) in [5.74, 6) is -1.04. The molecule has 1 amide bonds. The lowest BCUT2D eigenvalue weighted by Gasteiger charge is -2.05. The van der Waals surface area contributed by atoms with Gasteiger partial charge in [-0.1, -0.05) is 0 Å². The number of hydrogen-bond acceptors (Lipinski definition) is 5. The summed E-state index contributed by atoms with van der Waals surface area (Å²) in [6.45, 7) is 0. The minimum Gasteiger partial charge on any atom is -0.375 e. The van der Waals surface area contributed by atoms with E-state index in [1.54, 1.807) is 5.38 Å². The highest BCUT2D eigenvalue weighted by molar-refractivity contribution is 7.13. The number of anilines is 2. The molecule has 19 heavy (non-hydrogen) atoms. The maximum Gasteiger partial charge on any atom is 0.230 e. The monoisotopic (exact) mass is 276 g/mol. The first kappa shape index (κ1) is 13.0. The van der Waals surface area contributed by atoms with Gasteiger partial charge in [0.15, 0.2) is 5.13 Å². The maximum atomic E-state index is 13.5. The van der Waals surface area contributed by atoms with Gasteiger partial charge < -0.3 is 11.1 Å². The Hall–Kier alpha value is -2.46. The van der Waals surface area contributed by atoms with Gasteiger partial charge in [0.2, 0.25) is 5.91 Å². The Morgan fingerprint density at radius 1 is 1.58 bits per heavy atom. The van der Waals surface area contributed by atoms with Crippen molar-refractivity contribution in [3.63, 3.8) is 0 Å². The van der Waals surface area contributed by atoms with E-state index in [-0.39, 0.29) is 17.7 Å². The Morgan fingerprint density at radius 2 is 2.37 bits per heavy atom. The van der Waals surface area contributed by atoms with Gasteiger partial charge in [0, 0.05) is 5.38 Å². The number of thiazole rings is 1. The summed E-state index contributed by atoms with van der Waals surface area (Å²) in [6.07, 6.45) is 0.0210. The number of nitriles is 1. The van der Waals surface area contributed by atoms with Crippen molar-refractivity contribution in [2.45, 2.75) is 6.42 Å². The van der Waals surface area contributed by atoms with E-state index < -0.39 is 11.7 Å². The van der Waals surface area contributed by atoms with Crippen LogP contribution in [0.2, 0.25) is 0 Å². The van der Waals surface area contributed by atoms with Gasteiger partial charge in [0.1, 0.15) is 5.82 Å². The molecule has 3 N–H and O–H groups in total. The summed E-state index contributed by atoms with van der Waals surface area (Å²) < 4.78 is 13.5. The van der Waals surface area contributed by atoms with Crippen LogP contribution in [-0.2, 0) is 11.2 Å². The summed E-state index contributed by atoms with van der Waals surface area (Å²) in [6, 6.07) is 5.66. The van der Waals surface area contributed by atoms with E-state index in [9.17, 15) is 9.18 Å². The number of nitrogen functional groups attached to an aromatic ring is 1. The zero-order valence-corrected chi connectivity index (χ0v) is 10.5. The molecule has 0 saturated heterocycles. The van der Waals surface area contributed by atoms with Crippen LogP contribution in [0.25, 0.3) is 0 Å². The molecule has 2 aromatic rings. The Labute approximate surface area is 112 Å². The topological polar surface area (TPSA) is 91.8 Å². The lowest BCUT2D eigenvalue weighted by molar-refractivity contribution is -0.115. The van der Waals surface area contributed by atoms with E-state index >= 15 is 0 Å². The average molecular weight is 276 g/mol. The molecule has 0 unspecified atom stereocenters. The molecule has 1 aromatic carbocycles. The van der Waals surface area contributed by atoms with Gasteiger partial charge in [-0.25, -0.2) is 9.37 Å². The molecule has 0 aliphatic rings. The smallest absolute Gasteiger partial charge is 0.230 e. The van der Waals surface area contributed by atoms with Crippen molar-refractivity contribution in [2.24, 2.45) is 0 Å². The number of nitrogens with zero attached hydrogens (tertiary/aromatic N) is 2. The van der Waals surface area contributed by atoms with Crippen LogP contribution in [0.3, 0.4) is 0 Å². The van der Waals surface area contributed by atoms with Crippen LogP contribution in [0.4, 0.5) is 15.2 Å². The molecule has 0 bridgehead atoms. The first-order chi connectivity index (χ1) is 9.08. The fourth-order valence-electron chi connectivity index (χ4n) is 1.45. The van der Waals surface area contributed by atoms with Gasteiger partial charge in [-0.3, -0.25) is 4.79 Å². The standard InChI is InChI=1S/C12H9FN4OS/c13-9-3-7(5-14)1-2-10(9)17-11(18)4-8-6-19-12(15)16-8/h1-3,6H,4H2,(H2,15,16)(H,17,18). The summed E-state index contributed by atoms with van der Waals surface area (Å²) in [4.78, 5) is 15.6. The molecule has 0 fully saturated rings. The largest absolute Gasteiger partial charge is 0.375 e. The van der Waals surface area contributed by atoms with Gasteiger partial charge in [-0.05, 0) is 18.2 Å². The van der Waals surface area contributed by atoms with Gasteiger partial charge >= 0.3 is 0 Å². The van der Waals surface area contributed by atoms with Crippen molar-refractivity contribution >= 4 is 28.1 Å². The molecule has 0 aliphatic heterocycles. The zero-order valence-electron chi connectivity index (χ0n) is 9.68. The maximum absolute atomic E-state index is 13.5. The van der Waals surface area contributed by atoms with Gasteiger partial charge in [0.05, 0.1) is 29.4 Å². The van der Waals surface area contributed by atoms with Crippen molar-refractivity contribution in [1.82, 2.24) is 4.98 Å². The third-order valence-electron chi connectivity index (χ3n) is 2.28. The van der Waals surface area contributed by atoms with Crippen molar-refractivity contribution < 1.29 is 9.18 Å². The number of aromatic nitrogens is 1. The Balaban J connectivity index is 2.05. The van der Waals surface area contributed by atoms with Crippen LogP contribution in [0.15, 0.2) is 23.6 Å². The summed E-state index contributed by atoms with van der Waals surface area (Å²) >= 11 is 1.24. The lowest BCUT2D eigenvalue weighted by atomic mass is 10.2. The number of rotatable bonds is 3. The minimum atomic E-state index is -0.648. The third-order valence-corrected chi connectivity index (χ3v) is 3.01. The summed E-state index contributed by atoms with van der Waals surface area (Å²) in [7, 11) is 0. The lowest BCUT2D eigenvalue weighted by Crippen LogP contribution is -2.15. The molecule has 0 spiro atoms. The number of amides is 1. The molecule has 0 radical (unpaired) electrons. The number of halogens is 1. The van der Waals surface area contributed by atoms with E-state index in [0.29, 0.717) is 10.8 Å². The predicted octanol–water partition coefficient (Wildman–Crippen LogP) is 1.92. The average Bonchev–Trinajstić information content (AvgIpc) is 2.77. The number of nitrogens with two attached hydrogens (primary N) is 1. The molecule has 5 nitrogen and oxygen atoms in total. The van der Waals surface area contributed by atoms with Gasteiger partial charge in [0.25, 0.3) is 0 Å². The first-order valence-corrected chi connectivity index (χ1v) is 6.16. The summed E-state index contributed by atoms with van der Waals surface area (Å²) in [5, 5.41) is 13.1. The van der Waals surface area contributed by atoms with Crippen LogP contribution in [0.5, 0.6) is 0 Å². The van der Waals surface area contributed by atoms with Gasteiger partial charge in [-0.15, -0.1) is 11.3 Å². The van der Waals surface area contributed by atoms with E-state index in [0.717, 1.165) is 6.07 Å². The highest BCUT2D eigenvalue weighted by Gasteiger charge is 2.10. The van der Waals surface area contributed by atoms with Crippen molar-refractivity contribution in [3.8, 4) is 6.07 Å². The van der Waals surface area contributed by atoms with Crippen molar-refractivity contribution in [2.75, 3.05) is 11.1 Å². The summed E-state index contributed by atoms with van der Waals surface area (Å²) in [5.41, 5.74) is 6.22. The molecule has 1 heterocycles. The molecule has 7 heteroatoms. The zero-order chi connectivity index (χ0) is 13.8. The van der Waals surface area contributed by atoms with E-state index in [1.165, 1.54) is 23.5 Å². The number of benzene rings is 1. The number of hydrogen-bond donors (Lipinski definition) is 2. The van der Waals surface area contributed by atoms with Crippen LogP contribution in [-0.4, -0.2) is 10.9 Å². The minimum absolute atomic E-state index is 0.0210. The normalized spacial score (nSPS) is 9.89. The quantitative estimate of drug-likeness (QED) is 0.895. The second-order valence-electron chi connectivity index (χ2n) is 3.71. The third kappa shape index (κ3) is 3.26. The van der Waals surface area contributed by atoms with Gasteiger partial charge in [-0.2, -0.15) is 5.26 Å². The van der Waals surface area contributed by atoms with Crippen LogP contribution >= 0.6 is 11.3 Å². The SMILES string of the molecule is N#Cc1ccc(NC(=O)Cc2csc(N)n2)c(F)c1. The molecule has 1 aromatic heterocycles. The molecular formula is C12H9FN4OS. The van der Waals surface area contributed by atoms with E-state index in [2.05, 4.69) is 10.3 Å². The van der Waals surface area contributed by atoms with E-state index in [1.807, 2.05) is 6.07 Å². The highest BCUT2D eigenvalue weighted by Crippen LogP contribution is 2.16. The van der Waals surface area contributed by atoms with Crippen molar-refractivity contribution in [3.05, 3.63) is 40.7 Å². The molecule has 0 aliphatic carbocycles. The van der Waals surface area contributed by atoms with E-state index in [4.69, 9.17) is 11.0 Å². The number of carbonyl (C=O) groups is 1. The number of carbonyl (C=O) groups excluding carboxylic acids is 1. The van der Waals surface area contributed by atoms with Crippen molar-refractivity contribution in [1.29, 1.82) is 5.26 Å². The molecule has 96 valence electrons. The van der Waals surface area contributed by atoms with Crippen LogP contribution in [0, 0.1) is 17.1 Å².